The Kier molecular flexibility index (Phi) is 4.99. The van der Waals surface area contributed by atoms with Gasteiger partial charge in [-0.25, -0.2) is 0 Å². The van der Waals surface area contributed by atoms with Crippen molar-refractivity contribution in [2.75, 3.05) is 6.54 Å². The van der Waals surface area contributed by atoms with Crippen LogP contribution in [0.5, 0.6) is 0 Å². The maximum absolute atomic E-state index is 12.4. The highest BCUT2D eigenvalue weighted by Crippen LogP contribution is 2.28. The van der Waals surface area contributed by atoms with E-state index in [1.54, 1.807) is 11.8 Å². The average Bonchev–Trinajstić information content (AvgIpc) is 3.29. The van der Waals surface area contributed by atoms with E-state index in [-0.39, 0.29) is 11.9 Å². The number of benzene rings is 1. The van der Waals surface area contributed by atoms with E-state index in [9.17, 15) is 9.59 Å². The molecule has 1 fully saturated rings. The molecule has 114 valence electrons. The fourth-order valence-electron chi connectivity index (χ4n) is 2.38. The van der Waals surface area contributed by atoms with E-state index in [1.807, 2.05) is 24.3 Å². The van der Waals surface area contributed by atoms with E-state index in [2.05, 4.69) is 6.92 Å². The lowest BCUT2D eigenvalue weighted by Crippen LogP contribution is -2.39. The van der Waals surface area contributed by atoms with Gasteiger partial charge in [0.1, 0.15) is 0 Å². The second kappa shape index (κ2) is 6.74. The van der Waals surface area contributed by atoms with Crippen LogP contribution in [0, 0.1) is 5.92 Å². The third-order valence-electron chi connectivity index (χ3n) is 3.99. The number of hydrogen-bond acceptors (Lipinski definition) is 2. The number of rotatable bonds is 7. The predicted molar refractivity (Wildman–Crippen MR) is 81.1 cm³/mol. The molecule has 0 aliphatic heterocycles. The van der Waals surface area contributed by atoms with Crippen LogP contribution in [0.3, 0.4) is 0 Å². The summed E-state index contributed by atoms with van der Waals surface area (Å²) in [6.07, 6.45) is 3.32. The van der Waals surface area contributed by atoms with Crippen molar-refractivity contribution in [2.45, 2.75) is 45.6 Å². The number of carbonyl (C=O) groups excluding carboxylic acids is 1. The fraction of sp³-hybridized carbons (Fsp3) is 0.529. The molecule has 0 aromatic heterocycles. The molecule has 0 saturated heterocycles. The minimum absolute atomic E-state index is 0.0369. The first-order valence-corrected chi connectivity index (χ1v) is 7.61. The molecule has 1 aliphatic carbocycles. The lowest BCUT2D eigenvalue weighted by Gasteiger charge is -2.24. The van der Waals surface area contributed by atoms with Gasteiger partial charge in [-0.05, 0) is 30.4 Å². The topological polar surface area (TPSA) is 57.6 Å². The number of aryl methyl sites for hydroxylation is 1. The second-order valence-corrected chi connectivity index (χ2v) is 5.86. The lowest BCUT2D eigenvalue weighted by atomic mass is 10.1. The first kappa shape index (κ1) is 15.5. The molecule has 1 aromatic carbocycles. The normalized spacial score (nSPS) is 15.5. The van der Waals surface area contributed by atoms with Crippen LogP contribution in [0.4, 0.5) is 0 Å². The van der Waals surface area contributed by atoms with Gasteiger partial charge in [0, 0.05) is 12.6 Å². The molecule has 1 amide bonds. The molecule has 1 aliphatic rings. The van der Waals surface area contributed by atoms with Gasteiger partial charge in [0.15, 0.2) is 0 Å². The van der Waals surface area contributed by atoms with E-state index < -0.39 is 11.9 Å². The van der Waals surface area contributed by atoms with Crippen molar-refractivity contribution in [1.82, 2.24) is 4.90 Å². The number of carbonyl (C=O) groups is 2. The number of aliphatic carboxylic acids is 1. The van der Waals surface area contributed by atoms with E-state index in [1.165, 1.54) is 5.56 Å². The number of amides is 1. The van der Waals surface area contributed by atoms with Gasteiger partial charge in [0.05, 0.1) is 12.3 Å². The van der Waals surface area contributed by atoms with Crippen LogP contribution in [0.2, 0.25) is 0 Å². The quantitative estimate of drug-likeness (QED) is 0.839. The van der Waals surface area contributed by atoms with E-state index in [0.717, 1.165) is 24.8 Å². The zero-order chi connectivity index (χ0) is 15.4. The Bertz CT molecular complexity index is 505. The van der Waals surface area contributed by atoms with Gasteiger partial charge >= 0.3 is 5.97 Å². The maximum atomic E-state index is 12.4. The highest BCUT2D eigenvalue weighted by molar-refractivity contribution is 5.80. The first-order chi connectivity index (χ1) is 10.0. The first-order valence-electron chi connectivity index (χ1n) is 7.61. The molecular formula is C17H23NO3. The second-order valence-electron chi connectivity index (χ2n) is 5.86. The molecule has 21 heavy (non-hydrogen) atoms. The summed E-state index contributed by atoms with van der Waals surface area (Å²) in [7, 11) is 0. The molecule has 0 spiro atoms. The van der Waals surface area contributed by atoms with Gasteiger partial charge in [0.25, 0.3) is 0 Å². The molecule has 0 heterocycles. The smallest absolute Gasteiger partial charge is 0.308 e. The maximum Gasteiger partial charge on any atom is 0.308 e. The van der Waals surface area contributed by atoms with Crippen molar-refractivity contribution in [3.63, 3.8) is 0 Å². The molecule has 1 saturated carbocycles. The number of carboxylic acid groups (broad SMARTS) is 1. The van der Waals surface area contributed by atoms with Crippen molar-refractivity contribution in [2.24, 2.45) is 5.92 Å². The third kappa shape index (κ3) is 4.31. The van der Waals surface area contributed by atoms with Crippen LogP contribution in [0.15, 0.2) is 24.3 Å². The summed E-state index contributed by atoms with van der Waals surface area (Å²) in [5.41, 5.74) is 2.25. The van der Waals surface area contributed by atoms with Crippen molar-refractivity contribution < 1.29 is 14.7 Å². The minimum Gasteiger partial charge on any atom is -0.481 e. The number of nitrogens with zero attached hydrogens (tertiary/aromatic N) is 1. The molecule has 0 bridgehead atoms. The Morgan fingerprint density at radius 2 is 1.81 bits per heavy atom. The van der Waals surface area contributed by atoms with Gasteiger partial charge in [-0.2, -0.15) is 0 Å². The lowest BCUT2D eigenvalue weighted by molar-refractivity contribution is -0.143. The monoisotopic (exact) mass is 289 g/mol. The van der Waals surface area contributed by atoms with Crippen LogP contribution in [0.25, 0.3) is 0 Å². The van der Waals surface area contributed by atoms with Crippen LogP contribution >= 0.6 is 0 Å². The van der Waals surface area contributed by atoms with E-state index in [4.69, 9.17) is 5.11 Å². The minimum atomic E-state index is -0.847. The summed E-state index contributed by atoms with van der Waals surface area (Å²) in [6, 6.07) is 8.31. The molecule has 4 nitrogen and oxygen atoms in total. The molecule has 1 unspecified atom stereocenters. The highest BCUT2D eigenvalue weighted by atomic mass is 16.4. The van der Waals surface area contributed by atoms with Gasteiger partial charge in [-0.3, -0.25) is 9.59 Å². The molecule has 1 N–H and O–H groups in total. The van der Waals surface area contributed by atoms with Crippen LogP contribution in [0.1, 0.15) is 37.8 Å². The zero-order valence-corrected chi connectivity index (χ0v) is 12.7. The number of carboxylic acids is 1. The Hall–Kier alpha value is -1.84. The Labute approximate surface area is 125 Å². The fourth-order valence-corrected chi connectivity index (χ4v) is 2.38. The van der Waals surface area contributed by atoms with Crippen LogP contribution in [-0.4, -0.2) is 34.5 Å². The highest BCUT2D eigenvalue weighted by Gasteiger charge is 2.34. The van der Waals surface area contributed by atoms with Crippen molar-refractivity contribution >= 4 is 11.9 Å². The standard InChI is InChI=1S/C17H23NO3/c1-3-13-4-6-14(7-5-13)10-16(19)18(15-8-9-15)11-12(2)17(20)21/h4-7,12,15H,3,8-11H2,1-2H3,(H,20,21). The van der Waals surface area contributed by atoms with Crippen LogP contribution < -0.4 is 0 Å². The molecule has 0 radical (unpaired) electrons. The summed E-state index contributed by atoms with van der Waals surface area (Å²) < 4.78 is 0. The van der Waals surface area contributed by atoms with Gasteiger partial charge in [0.2, 0.25) is 5.91 Å². The Morgan fingerprint density at radius 1 is 1.24 bits per heavy atom. The molecule has 2 rings (SSSR count). The molecule has 4 heteroatoms. The molecule has 1 aromatic rings. The molecular weight excluding hydrogens is 266 g/mol. The van der Waals surface area contributed by atoms with Crippen molar-refractivity contribution in [1.29, 1.82) is 0 Å². The predicted octanol–water partition coefficient (Wildman–Crippen LogP) is 2.50. The van der Waals surface area contributed by atoms with Gasteiger partial charge in [-0.15, -0.1) is 0 Å². The summed E-state index contributed by atoms with van der Waals surface area (Å²) in [4.78, 5) is 25.2. The molecule has 1 atom stereocenters. The zero-order valence-electron chi connectivity index (χ0n) is 12.7. The summed E-state index contributed by atoms with van der Waals surface area (Å²) in [6.45, 7) is 4.06. The van der Waals surface area contributed by atoms with Crippen LogP contribution in [-0.2, 0) is 22.4 Å². The largest absolute Gasteiger partial charge is 0.481 e. The van der Waals surface area contributed by atoms with Gasteiger partial charge < -0.3 is 10.0 Å². The van der Waals surface area contributed by atoms with Crippen molar-refractivity contribution in [3.8, 4) is 0 Å². The average molecular weight is 289 g/mol. The summed E-state index contributed by atoms with van der Waals surface area (Å²) in [5, 5.41) is 9.02. The SMILES string of the molecule is CCc1ccc(CC(=O)N(CC(C)C(=O)O)C2CC2)cc1. The van der Waals surface area contributed by atoms with Gasteiger partial charge in [-0.1, -0.05) is 38.1 Å². The summed E-state index contributed by atoms with van der Waals surface area (Å²) in [5.74, 6) is -1.33. The number of hydrogen-bond donors (Lipinski definition) is 1. The Morgan fingerprint density at radius 3 is 2.29 bits per heavy atom. The van der Waals surface area contributed by atoms with E-state index in [0.29, 0.717) is 13.0 Å². The van der Waals surface area contributed by atoms with Crippen molar-refractivity contribution in [3.05, 3.63) is 35.4 Å². The Balaban J connectivity index is 1.99. The third-order valence-corrected chi connectivity index (χ3v) is 3.99. The van der Waals surface area contributed by atoms with E-state index >= 15 is 0 Å². The summed E-state index contributed by atoms with van der Waals surface area (Å²) >= 11 is 0.